The lowest BCUT2D eigenvalue weighted by Gasteiger charge is -2.12. The molecular weight excluding hydrogens is 367 g/mol. The summed E-state index contributed by atoms with van der Waals surface area (Å²) in [6.45, 7) is 0.960. The maximum absolute atomic E-state index is 13.6. The van der Waals surface area contributed by atoms with Crippen molar-refractivity contribution in [2.75, 3.05) is 25.9 Å². The molecule has 6 nitrogen and oxygen atoms in total. The Hall–Kier alpha value is -2.45. The van der Waals surface area contributed by atoms with Gasteiger partial charge in [0, 0.05) is 26.7 Å². The Morgan fingerprint density at radius 1 is 1.00 bits per heavy atom. The fraction of sp³-hybridized carbons (Fsp3) is 0.316. The van der Waals surface area contributed by atoms with E-state index in [9.17, 15) is 12.8 Å². The fourth-order valence-corrected chi connectivity index (χ4v) is 3.30. The van der Waals surface area contributed by atoms with Crippen LogP contribution in [0.2, 0.25) is 0 Å². The molecular formula is C19H25FN4O2S. The standard InChI is InChI=1S/C19H25FN4O2S/c1-21-19(22-12-11-17-9-5-6-10-18(17)20)23-13-14-27(25,26)24-15-16-7-3-2-4-8-16/h2-10,24H,11-15H2,1H3,(H2,21,22,23). The van der Waals surface area contributed by atoms with Crippen LogP contribution in [0.5, 0.6) is 0 Å². The topological polar surface area (TPSA) is 82.6 Å². The molecule has 0 fully saturated rings. The van der Waals surface area contributed by atoms with Crippen molar-refractivity contribution in [1.29, 1.82) is 0 Å². The Balaban J connectivity index is 1.69. The second kappa shape index (κ2) is 10.6. The molecule has 0 aliphatic rings. The van der Waals surface area contributed by atoms with Crippen LogP contribution in [0.3, 0.4) is 0 Å². The van der Waals surface area contributed by atoms with Gasteiger partial charge in [-0.1, -0.05) is 48.5 Å². The Morgan fingerprint density at radius 2 is 1.67 bits per heavy atom. The van der Waals surface area contributed by atoms with Crippen molar-refractivity contribution in [2.45, 2.75) is 13.0 Å². The Bertz CT molecular complexity index is 842. The van der Waals surface area contributed by atoms with Crippen LogP contribution < -0.4 is 15.4 Å². The number of benzene rings is 2. The normalized spacial score (nSPS) is 12.0. The molecule has 0 atom stereocenters. The van der Waals surface area contributed by atoms with Gasteiger partial charge in [-0.15, -0.1) is 0 Å². The van der Waals surface area contributed by atoms with Gasteiger partial charge < -0.3 is 10.6 Å². The van der Waals surface area contributed by atoms with Crippen molar-refractivity contribution in [3.05, 3.63) is 71.5 Å². The molecule has 146 valence electrons. The van der Waals surface area contributed by atoms with E-state index in [2.05, 4.69) is 20.3 Å². The fourth-order valence-electron chi connectivity index (χ4n) is 2.40. The van der Waals surface area contributed by atoms with E-state index in [1.54, 1.807) is 25.2 Å². The quantitative estimate of drug-likeness (QED) is 0.448. The van der Waals surface area contributed by atoms with Crippen molar-refractivity contribution in [3.63, 3.8) is 0 Å². The highest BCUT2D eigenvalue weighted by Crippen LogP contribution is 2.06. The van der Waals surface area contributed by atoms with Crippen LogP contribution in [-0.2, 0) is 23.0 Å². The van der Waals surface area contributed by atoms with Crippen molar-refractivity contribution in [3.8, 4) is 0 Å². The molecule has 0 radical (unpaired) electrons. The lowest BCUT2D eigenvalue weighted by molar-refractivity contribution is 0.579. The number of hydrogen-bond donors (Lipinski definition) is 3. The third-order valence-corrected chi connectivity index (χ3v) is 5.20. The zero-order valence-corrected chi connectivity index (χ0v) is 16.1. The van der Waals surface area contributed by atoms with E-state index in [4.69, 9.17) is 0 Å². The van der Waals surface area contributed by atoms with E-state index in [1.165, 1.54) is 6.07 Å². The largest absolute Gasteiger partial charge is 0.356 e. The van der Waals surface area contributed by atoms with Gasteiger partial charge in [-0.2, -0.15) is 0 Å². The molecule has 0 bridgehead atoms. The number of sulfonamides is 1. The van der Waals surface area contributed by atoms with Gasteiger partial charge in [-0.25, -0.2) is 17.5 Å². The molecule has 0 amide bonds. The SMILES string of the molecule is CN=C(NCCc1ccccc1F)NCCS(=O)(=O)NCc1ccccc1. The molecule has 8 heteroatoms. The van der Waals surface area contributed by atoms with Crippen molar-refractivity contribution in [1.82, 2.24) is 15.4 Å². The van der Waals surface area contributed by atoms with Crippen molar-refractivity contribution in [2.24, 2.45) is 4.99 Å². The average molecular weight is 393 g/mol. The molecule has 27 heavy (non-hydrogen) atoms. The summed E-state index contributed by atoms with van der Waals surface area (Å²) in [5.74, 6) is 0.163. The Morgan fingerprint density at radius 3 is 2.37 bits per heavy atom. The molecule has 2 aromatic carbocycles. The minimum absolute atomic E-state index is 0.0755. The zero-order valence-electron chi connectivity index (χ0n) is 15.3. The first-order valence-electron chi connectivity index (χ1n) is 8.69. The van der Waals surface area contributed by atoms with Crippen LogP contribution in [0.1, 0.15) is 11.1 Å². The average Bonchev–Trinajstić information content (AvgIpc) is 2.67. The number of nitrogens with one attached hydrogen (secondary N) is 3. The summed E-state index contributed by atoms with van der Waals surface area (Å²) in [6, 6.07) is 15.9. The lowest BCUT2D eigenvalue weighted by Crippen LogP contribution is -2.41. The predicted molar refractivity (Wildman–Crippen MR) is 107 cm³/mol. The molecule has 0 heterocycles. The van der Waals surface area contributed by atoms with E-state index < -0.39 is 10.0 Å². The van der Waals surface area contributed by atoms with Gasteiger partial charge in [0.05, 0.1) is 5.75 Å². The highest BCUT2D eigenvalue weighted by molar-refractivity contribution is 7.89. The van der Waals surface area contributed by atoms with Crippen LogP contribution in [0.15, 0.2) is 59.6 Å². The number of nitrogens with zero attached hydrogens (tertiary/aromatic N) is 1. The van der Waals surface area contributed by atoms with E-state index in [0.29, 0.717) is 24.5 Å². The van der Waals surface area contributed by atoms with Crippen LogP contribution in [-0.4, -0.2) is 40.3 Å². The molecule has 0 spiro atoms. The molecule has 3 N–H and O–H groups in total. The summed E-state index contributed by atoms with van der Waals surface area (Å²) in [6.07, 6.45) is 0.504. The monoisotopic (exact) mass is 392 g/mol. The Kier molecular flexibility index (Phi) is 8.22. The summed E-state index contributed by atoms with van der Waals surface area (Å²) in [4.78, 5) is 4.04. The van der Waals surface area contributed by atoms with Crippen LogP contribution in [0.25, 0.3) is 0 Å². The highest BCUT2D eigenvalue weighted by atomic mass is 32.2. The third-order valence-electron chi connectivity index (χ3n) is 3.87. The minimum atomic E-state index is -3.40. The number of halogens is 1. The first-order chi connectivity index (χ1) is 13.0. The zero-order chi connectivity index (χ0) is 19.5. The maximum atomic E-state index is 13.6. The van der Waals surface area contributed by atoms with E-state index in [-0.39, 0.29) is 24.7 Å². The summed E-state index contributed by atoms with van der Waals surface area (Å²) in [7, 11) is -1.80. The number of guanidine groups is 1. The van der Waals surface area contributed by atoms with Crippen LogP contribution in [0.4, 0.5) is 4.39 Å². The van der Waals surface area contributed by atoms with E-state index in [1.807, 2.05) is 30.3 Å². The summed E-state index contributed by atoms with van der Waals surface area (Å²) >= 11 is 0. The molecule has 0 saturated carbocycles. The summed E-state index contributed by atoms with van der Waals surface area (Å²) in [5, 5.41) is 6.00. The van der Waals surface area contributed by atoms with Gasteiger partial charge in [-0.05, 0) is 23.6 Å². The van der Waals surface area contributed by atoms with Gasteiger partial charge in [0.15, 0.2) is 5.96 Å². The van der Waals surface area contributed by atoms with Crippen molar-refractivity contribution < 1.29 is 12.8 Å². The second-order valence-electron chi connectivity index (χ2n) is 5.89. The summed E-state index contributed by atoms with van der Waals surface area (Å²) < 4.78 is 40.3. The second-order valence-corrected chi connectivity index (χ2v) is 7.82. The summed E-state index contributed by atoms with van der Waals surface area (Å²) in [5.41, 5.74) is 1.52. The molecule has 0 aliphatic carbocycles. The molecule has 0 unspecified atom stereocenters. The van der Waals surface area contributed by atoms with Gasteiger partial charge >= 0.3 is 0 Å². The van der Waals surface area contributed by atoms with Crippen molar-refractivity contribution >= 4 is 16.0 Å². The molecule has 0 saturated heterocycles. The highest BCUT2D eigenvalue weighted by Gasteiger charge is 2.10. The molecule has 2 aromatic rings. The van der Waals surface area contributed by atoms with Crippen LogP contribution >= 0.6 is 0 Å². The smallest absolute Gasteiger partial charge is 0.213 e. The first kappa shape index (κ1) is 20.9. The molecule has 0 aliphatic heterocycles. The van der Waals surface area contributed by atoms with Gasteiger partial charge in [0.2, 0.25) is 10.0 Å². The first-order valence-corrected chi connectivity index (χ1v) is 10.3. The predicted octanol–water partition coefficient (Wildman–Crippen LogP) is 1.65. The number of rotatable bonds is 9. The maximum Gasteiger partial charge on any atom is 0.213 e. The molecule has 2 rings (SSSR count). The van der Waals surface area contributed by atoms with Gasteiger partial charge in [-0.3, -0.25) is 4.99 Å². The number of aliphatic imine (C=N–C) groups is 1. The lowest BCUT2D eigenvalue weighted by atomic mass is 10.1. The van der Waals surface area contributed by atoms with Gasteiger partial charge in [0.1, 0.15) is 5.82 Å². The van der Waals surface area contributed by atoms with Gasteiger partial charge in [0.25, 0.3) is 0 Å². The van der Waals surface area contributed by atoms with Crippen LogP contribution in [0, 0.1) is 5.82 Å². The minimum Gasteiger partial charge on any atom is -0.356 e. The third kappa shape index (κ3) is 7.76. The number of hydrogen-bond acceptors (Lipinski definition) is 3. The Labute approximate surface area is 160 Å². The van der Waals surface area contributed by atoms with E-state index >= 15 is 0 Å². The molecule has 0 aromatic heterocycles. The van der Waals surface area contributed by atoms with E-state index in [0.717, 1.165) is 5.56 Å².